The Kier molecular flexibility index (Phi) is 8.35. The highest BCUT2D eigenvalue weighted by Gasteiger charge is 2.12. The molecular formula is C16H25BrN2O. The van der Waals surface area contributed by atoms with Gasteiger partial charge in [-0.25, -0.2) is 4.79 Å². The lowest BCUT2D eigenvalue weighted by Gasteiger charge is -2.21. The molecule has 0 aliphatic heterocycles. The van der Waals surface area contributed by atoms with Gasteiger partial charge in [0.25, 0.3) is 0 Å². The number of nitrogens with one attached hydrogen (secondary N) is 1. The molecule has 1 N–H and O–H groups in total. The molecule has 4 heteroatoms. The fourth-order valence-electron chi connectivity index (χ4n) is 2.11. The van der Waals surface area contributed by atoms with Crippen LogP contribution >= 0.6 is 15.9 Å². The van der Waals surface area contributed by atoms with E-state index in [2.05, 4.69) is 28.2 Å². The lowest BCUT2D eigenvalue weighted by molar-refractivity contribution is 0.246. The fraction of sp³-hybridized carbons (Fsp3) is 0.562. The SMILES string of the molecule is CCCCCCCNC(=O)N(CC)c1cccc(Br)c1. The first kappa shape index (κ1) is 17.0. The van der Waals surface area contributed by atoms with Crippen molar-refractivity contribution in [2.24, 2.45) is 0 Å². The summed E-state index contributed by atoms with van der Waals surface area (Å²) < 4.78 is 0.987. The van der Waals surface area contributed by atoms with Crippen molar-refractivity contribution >= 4 is 27.6 Å². The highest BCUT2D eigenvalue weighted by atomic mass is 79.9. The average molecular weight is 341 g/mol. The molecule has 0 aromatic heterocycles. The van der Waals surface area contributed by atoms with Crippen LogP contribution in [0, 0.1) is 0 Å². The summed E-state index contributed by atoms with van der Waals surface area (Å²) in [5.41, 5.74) is 0.922. The van der Waals surface area contributed by atoms with Gasteiger partial charge in [-0.15, -0.1) is 0 Å². The van der Waals surface area contributed by atoms with Gasteiger partial charge in [0, 0.05) is 23.2 Å². The molecule has 0 aliphatic rings. The summed E-state index contributed by atoms with van der Waals surface area (Å²) >= 11 is 3.44. The van der Waals surface area contributed by atoms with Crippen LogP contribution < -0.4 is 10.2 Å². The molecule has 20 heavy (non-hydrogen) atoms. The van der Waals surface area contributed by atoms with Crippen LogP contribution in [0.1, 0.15) is 46.0 Å². The smallest absolute Gasteiger partial charge is 0.321 e. The van der Waals surface area contributed by atoms with E-state index in [0.717, 1.165) is 23.1 Å². The third kappa shape index (κ3) is 5.95. The first-order valence-corrected chi connectivity index (χ1v) is 8.29. The maximum Gasteiger partial charge on any atom is 0.321 e. The van der Waals surface area contributed by atoms with Gasteiger partial charge in [0.1, 0.15) is 0 Å². The molecular weight excluding hydrogens is 316 g/mol. The number of hydrogen-bond donors (Lipinski definition) is 1. The maximum atomic E-state index is 12.2. The van der Waals surface area contributed by atoms with Gasteiger partial charge in [-0.05, 0) is 31.5 Å². The summed E-state index contributed by atoms with van der Waals surface area (Å²) in [5, 5.41) is 3.00. The van der Waals surface area contributed by atoms with Crippen molar-refractivity contribution in [3.8, 4) is 0 Å². The Hall–Kier alpha value is -1.03. The zero-order valence-corrected chi connectivity index (χ0v) is 14.1. The summed E-state index contributed by atoms with van der Waals surface area (Å²) in [6.45, 7) is 5.62. The monoisotopic (exact) mass is 340 g/mol. The lowest BCUT2D eigenvalue weighted by Crippen LogP contribution is -2.40. The van der Waals surface area contributed by atoms with Crippen molar-refractivity contribution in [1.82, 2.24) is 5.32 Å². The molecule has 1 aromatic rings. The van der Waals surface area contributed by atoms with Crippen LogP contribution in [0.3, 0.4) is 0 Å². The first-order chi connectivity index (χ1) is 9.69. The number of amides is 2. The highest BCUT2D eigenvalue weighted by Crippen LogP contribution is 2.19. The number of carbonyl (C=O) groups is 1. The molecule has 0 saturated carbocycles. The molecule has 0 saturated heterocycles. The van der Waals surface area contributed by atoms with Crippen LogP contribution in [-0.4, -0.2) is 19.1 Å². The Balaban J connectivity index is 2.40. The molecule has 0 fully saturated rings. The Morgan fingerprint density at radius 3 is 2.60 bits per heavy atom. The second kappa shape index (κ2) is 9.81. The second-order valence-electron chi connectivity index (χ2n) is 4.87. The number of rotatable bonds is 8. The molecule has 0 aliphatic carbocycles. The number of benzene rings is 1. The number of halogens is 1. The highest BCUT2D eigenvalue weighted by molar-refractivity contribution is 9.10. The van der Waals surface area contributed by atoms with Crippen LogP contribution in [0.25, 0.3) is 0 Å². The molecule has 1 aromatic carbocycles. The van der Waals surface area contributed by atoms with Crippen molar-refractivity contribution < 1.29 is 4.79 Å². The number of nitrogens with zero attached hydrogens (tertiary/aromatic N) is 1. The average Bonchev–Trinajstić information content (AvgIpc) is 2.43. The van der Waals surface area contributed by atoms with Gasteiger partial charge in [-0.2, -0.15) is 0 Å². The number of carbonyl (C=O) groups excluding carboxylic acids is 1. The van der Waals surface area contributed by atoms with Gasteiger partial charge in [0.2, 0.25) is 0 Å². The summed E-state index contributed by atoms with van der Waals surface area (Å²) in [5.74, 6) is 0. The molecule has 0 radical (unpaired) electrons. The van der Waals surface area contributed by atoms with E-state index in [4.69, 9.17) is 0 Å². The number of hydrogen-bond acceptors (Lipinski definition) is 1. The van der Waals surface area contributed by atoms with Crippen LogP contribution in [0.4, 0.5) is 10.5 Å². The topological polar surface area (TPSA) is 32.3 Å². The van der Waals surface area contributed by atoms with E-state index in [1.165, 1.54) is 25.7 Å². The van der Waals surface area contributed by atoms with Crippen molar-refractivity contribution in [2.75, 3.05) is 18.0 Å². The largest absolute Gasteiger partial charge is 0.338 e. The van der Waals surface area contributed by atoms with E-state index in [1.807, 2.05) is 31.2 Å². The lowest BCUT2D eigenvalue weighted by atomic mass is 10.1. The van der Waals surface area contributed by atoms with Gasteiger partial charge >= 0.3 is 6.03 Å². The van der Waals surface area contributed by atoms with Gasteiger partial charge in [0.15, 0.2) is 0 Å². The maximum absolute atomic E-state index is 12.2. The van der Waals surface area contributed by atoms with E-state index >= 15 is 0 Å². The van der Waals surface area contributed by atoms with E-state index < -0.39 is 0 Å². The molecule has 3 nitrogen and oxygen atoms in total. The first-order valence-electron chi connectivity index (χ1n) is 7.50. The van der Waals surface area contributed by atoms with Gasteiger partial charge in [-0.3, -0.25) is 4.90 Å². The normalized spacial score (nSPS) is 10.3. The van der Waals surface area contributed by atoms with Crippen molar-refractivity contribution in [1.29, 1.82) is 0 Å². The summed E-state index contributed by atoms with van der Waals surface area (Å²) in [4.78, 5) is 13.9. The summed E-state index contributed by atoms with van der Waals surface area (Å²) in [7, 11) is 0. The zero-order chi connectivity index (χ0) is 14.8. The standard InChI is InChI=1S/C16H25BrN2O/c1-3-5-6-7-8-12-18-16(20)19(4-2)15-11-9-10-14(17)13-15/h9-11,13H,3-8,12H2,1-2H3,(H,18,20). The molecule has 0 bridgehead atoms. The van der Waals surface area contributed by atoms with Crippen LogP contribution in [-0.2, 0) is 0 Å². The Bertz CT molecular complexity index is 409. The van der Waals surface area contributed by atoms with E-state index in [9.17, 15) is 4.79 Å². The van der Waals surface area contributed by atoms with Gasteiger partial charge in [-0.1, -0.05) is 54.6 Å². The van der Waals surface area contributed by atoms with Gasteiger partial charge in [0.05, 0.1) is 0 Å². The minimum Gasteiger partial charge on any atom is -0.338 e. The molecule has 0 unspecified atom stereocenters. The van der Waals surface area contributed by atoms with E-state index in [-0.39, 0.29) is 6.03 Å². The molecule has 112 valence electrons. The molecule has 0 atom stereocenters. The predicted molar refractivity (Wildman–Crippen MR) is 89.3 cm³/mol. The quantitative estimate of drug-likeness (QED) is 0.666. The van der Waals surface area contributed by atoms with Gasteiger partial charge < -0.3 is 5.32 Å². The Labute approximate surface area is 130 Å². The van der Waals surface area contributed by atoms with Crippen molar-refractivity contribution in [3.63, 3.8) is 0 Å². The third-order valence-corrected chi connectivity index (χ3v) is 3.73. The molecule has 1 rings (SSSR count). The molecule has 2 amide bonds. The van der Waals surface area contributed by atoms with Crippen molar-refractivity contribution in [2.45, 2.75) is 46.0 Å². The number of anilines is 1. The minimum absolute atomic E-state index is 0.0129. The van der Waals surface area contributed by atoms with E-state index in [0.29, 0.717) is 6.54 Å². The number of unbranched alkanes of at least 4 members (excludes halogenated alkanes) is 4. The number of urea groups is 1. The second-order valence-corrected chi connectivity index (χ2v) is 5.79. The third-order valence-electron chi connectivity index (χ3n) is 3.24. The minimum atomic E-state index is -0.0129. The zero-order valence-electron chi connectivity index (χ0n) is 12.5. The van der Waals surface area contributed by atoms with Crippen LogP contribution in [0.5, 0.6) is 0 Å². The van der Waals surface area contributed by atoms with Crippen molar-refractivity contribution in [3.05, 3.63) is 28.7 Å². The Morgan fingerprint density at radius 2 is 1.95 bits per heavy atom. The molecule has 0 spiro atoms. The van der Waals surface area contributed by atoms with Crippen LogP contribution in [0.15, 0.2) is 28.7 Å². The van der Waals surface area contributed by atoms with Crippen LogP contribution in [0.2, 0.25) is 0 Å². The summed E-state index contributed by atoms with van der Waals surface area (Å²) in [6.07, 6.45) is 6.04. The fourth-order valence-corrected chi connectivity index (χ4v) is 2.49. The van der Waals surface area contributed by atoms with E-state index in [1.54, 1.807) is 4.90 Å². The predicted octanol–water partition coefficient (Wildman–Crippen LogP) is 4.96. The molecule has 0 heterocycles. The summed E-state index contributed by atoms with van der Waals surface area (Å²) in [6, 6.07) is 7.81. The Morgan fingerprint density at radius 1 is 1.20 bits per heavy atom.